The van der Waals surface area contributed by atoms with E-state index in [-0.39, 0.29) is 37.3 Å². The van der Waals surface area contributed by atoms with Crippen molar-refractivity contribution in [3.05, 3.63) is 71.0 Å². The van der Waals surface area contributed by atoms with Gasteiger partial charge in [-0.15, -0.1) is 0 Å². The zero-order valence-corrected chi connectivity index (χ0v) is 15.8. The average molecular weight is 420 g/mol. The maximum atomic E-state index is 13.6. The van der Waals surface area contributed by atoms with Gasteiger partial charge in [-0.2, -0.15) is 0 Å². The Kier molecular flexibility index (Phi) is 6.36. The third-order valence-corrected chi connectivity index (χ3v) is 4.63. The number of hydrogen-bond acceptors (Lipinski definition) is 4. The molecule has 2 aromatic rings. The Morgan fingerprint density at radius 2 is 1.47 bits per heavy atom. The fourth-order valence-electron chi connectivity index (χ4n) is 3.18. The van der Waals surface area contributed by atoms with E-state index in [0.29, 0.717) is 0 Å². The number of nitrogens with zero attached hydrogens (tertiary/aromatic N) is 2. The second-order valence-corrected chi connectivity index (χ2v) is 6.59. The monoisotopic (exact) mass is 420 g/mol. The van der Waals surface area contributed by atoms with Crippen molar-refractivity contribution >= 4 is 17.7 Å². The van der Waals surface area contributed by atoms with Crippen LogP contribution in [0.25, 0.3) is 0 Å². The molecule has 1 unspecified atom stereocenters. The van der Waals surface area contributed by atoms with Crippen molar-refractivity contribution in [2.75, 3.05) is 26.2 Å². The molecule has 2 aromatic carbocycles. The fraction of sp³-hybridized carbons (Fsp3) is 0.250. The van der Waals surface area contributed by atoms with Crippen LogP contribution in [0.4, 0.5) is 13.2 Å². The molecule has 1 atom stereocenters. The Bertz CT molecular complexity index is 968. The molecule has 0 aliphatic carbocycles. The largest absolute Gasteiger partial charge is 0.351 e. The molecule has 0 radical (unpaired) electrons. The Balaban J connectivity index is 1.91. The predicted molar refractivity (Wildman–Crippen MR) is 101 cm³/mol. The van der Waals surface area contributed by atoms with E-state index in [4.69, 9.17) is 5.73 Å². The Morgan fingerprint density at radius 3 is 2.03 bits per heavy atom. The zero-order valence-electron chi connectivity index (χ0n) is 15.8. The zero-order chi connectivity index (χ0) is 21.8. The molecular weight excluding hydrogens is 401 g/mol. The van der Waals surface area contributed by atoms with Gasteiger partial charge in [0.15, 0.2) is 17.8 Å². The molecule has 1 heterocycles. The third-order valence-electron chi connectivity index (χ3n) is 4.63. The van der Waals surface area contributed by atoms with Crippen molar-refractivity contribution in [2.45, 2.75) is 6.17 Å². The van der Waals surface area contributed by atoms with E-state index in [1.807, 2.05) is 0 Å². The molecule has 0 aromatic heterocycles. The van der Waals surface area contributed by atoms with Gasteiger partial charge in [0, 0.05) is 37.3 Å². The molecule has 158 valence electrons. The van der Waals surface area contributed by atoms with Crippen LogP contribution in [0.15, 0.2) is 42.5 Å². The highest BCUT2D eigenvalue weighted by Gasteiger charge is 2.43. The van der Waals surface area contributed by atoms with Gasteiger partial charge in [-0.3, -0.25) is 14.4 Å². The smallest absolute Gasteiger partial charge is 0.263 e. The standard InChI is InChI=1S/C20H19F3N4O3/c21-14-4-1-12(2-5-14)19(29)26-9-10-27(18(26)17(28)25-8-7-24)20(30)13-3-6-15(22)16(23)11-13/h1-6,11,18H,7-10,24H2,(H,25,28). The van der Waals surface area contributed by atoms with Gasteiger partial charge in [-0.25, -0.2) is 13.2 Å². The van der Waals surface area contributed by atoms with E-state index >= 15 is 0 Å². The highest BCUT2D eigenvalue weighted by molar-refractivity contribution is 6.02. The number of benzene rings is 2. The molecule has 1 fully saturated rings. The van der Waals surface area contributed by atoms with Crippen molar-refractivity contribution in [1.82, 2.24) is 15.1 Å². The van der Waals surface area contributed by atoms with Gasteiger partial charge in [-0.05, 0) is 42.5 Å². The Labute approximate surface area is 170 Å². The minimum absolute atomic E-state index is 0.00846. The van der Waals surface area contributed by atoms with E-state index in [9.17, 15) is 27.6 Å². The summed E-state index contributed by atoms with van der Waals surface area (Å²) in [4.78, 5) is 40.8. The van der Waals surface area contributed by atoms with E-state index < -0.39 is 41.3 Å². The van der Waals surface area contributed by atoms with Gasteiger partial charge in [0.1, 0.15) is 5.82 Å². The quantitative estimate of drug-likeness (QED) is 0.758. The second-order valence-electron chi connectivity index (χ2n) is 6.59. The first-order valence-electron chi connectivity index (χ1n) is 9.14. The maximum Gasteiger partial charge on any atom is 0.263 e. The summed E-state index contributed by atoms with van der Waals surface area (Å²) in [7, 11) is 0. The number of hydrogen-bond donors (Lipinski definition) is 2. The Hall–Kier alpha value is -3.40. The summed E-state index contributed by atoms with van der Waals surface area (Å²) in [5.74, 6) is -4.81. The summed E-state index contributed by atoms with van der Waals surface area (Å²) in [6.45, 7) is 0.264. The number of halogens is 3. The van der Waals surface area contributed by atoms with Crippen LogP contribution in [0.1, 0.15) is 20.7 Å². The van der Waals surface area contributed by atoms with Crippen LogP contribution in [0, 0.1) is 17.5 Å². The first-order chi connectivity index (χ1) is 14.3. The molecule has 7 nitrogen and oxygen atoms in total. The summed E-state index contributed by atoms with van der Waals surface area (Å²) in [6, 6.07) is 7.40. The van der Waals surface area contributed by atoms with Crippen LogP contribution in [0.5, 0.6) is 0 Å². The summed E-state index contributed by atoms with van der Waals surface area (Å²) < 4.78 is 40.0. The van der Waals surface area contributed by atoms with Crippen LogP contribution in [0.2, 0.25) is 0 Å². The van der Waals surface area contributed by atoms with Gasteiger partial charge in [-0.1, -0.05) is 0 Å². The van der Waals surface area contributed by atoms with Crippen LogP contribution in [-0.4, -0.2) is 59.9 Å². The van der Waals surface area contributed by atoms with E-state index in [0.717, 1.165) is 40.1 Å². The highest BCUT2D eigenvalue weighted by atomic mass is 19.2. The molecule has 1 saturated heterocycles. The van der Waals surface area contributed by atoms with E-state index in [1.54, 1.807) is 0 Å². The first kappa shape index (κ1) is 21.3. The lowest BCUT2D eigenvalue weighted by atomic mass is 10.1. The molecule has 0 spiro atoms. The summed E-state index contributed by atoms with van der Waals surface area (Å²) in [5, 5.41) is 2.53. The minimum Gasteiger partial charge on any atom is -0.351 e. The molecule has 0 saturated carbocycles. The summed E-state index contributed by atoms with van der Waals surface area (Å²) in [6.07, 6.45) is -1.32. The van der Waals surface area contributed by atoms with Crippen molar-refractivity contribution in [1.29, 1.82) is 0 Å². The van der Waals surface area contributed by atoms with Gasteiger partial charge in [0.05, 0.1) is 0 Å². The molecule has 1 aliphatic rings. The summed E-state index contributed by atoms with van der Waals surface area (Å²) >= 11 is 0. The first-order valence-corrected chi connectivity index (χ1v) is 9.14. The lowest BCUT2D eigenvalue weighted by Crippen LogP contribution is -2.54. The summed E-state index contributed by atoms with van der Waals surface area (Å²) in [5.41, 5.74) is 5.37. The Morgan fingerprint density at radius 1 is 0.900 bits per heavy atom. The molecule has 0 bridgehead atoms. The third kappa shape index (κ3) is 4.28. The van der Waals surface area contributed by atoms with Crippen molar-refractivity contribution in [2.24, 2.45) is 5.73 Å². The van der Waals surface area contributed by atoms with E-state index in [2.05, 4.69) is 5.32 Å². The molecule has 10 heteroatoms. The maximum absolute atomic E-state index is 13.6. The molecule has 3 amide bonds. The van der Waals surface area contributed by atoms with Gasteiger partial charge < -0.3 is 20.9 Å². The molecule has 1 aliphatic heterocycles. The molecule has 3 rings (SSSR count). The van der Waals surface area contributed by atoms with Crippen molar-refractivity contribution < 1.29 is 27.6 Å². The number of carbonyl (C=O) groups is 3. The van der Waals surface area contributed by atoms with Crippen molar-refractivity contribution in [3.8, 4) is 0 Å². The average Bonchev–Trinajstić information content (AvgIpc) is 3.18. The molecule has 3 N–H and O–H groups in total. The van der Waals surface area contributed by atoms with Crippen LogP contribution in [-0.2, 0) is 4.79 Å². The number of rotatable bonds is 5. The molecule has 30 heavy (non-hydrogen) atoms. The number of carbonyl (C=O) groups excluding carboxylic acids is 3. The topological polar surface area (TPSA) is 95.7 Å². The normalized spacial score (nSPS) is 15.9. The van der Waals surface area contributed by atoms with Gasteiger partial charge in [0.25, 0.3) is 17.7 Å². The fourth-order valence-corrected chi connectivity index (χ4v) is 3.18. The van der Waals surface area contributed by atoms with E-state index in [1.165, 1.54) is 12.1 Å². The SMILES string of the molecule is NCCNC(=O)C1N(C(=O)c2ccc(F)cc2)CCN1C(=O)c1ccc(F)c(F)c1. The van der Waals surface area contributed by atoms with Crippen LogP contribution >= 0.6 is 0 Å². The number of nitrogens with one attached hydrogen (secondary N) is 1. The minimum atomic E-state index is -1.32. The molecular formula is C20H19F3N4O3. The number of amides is 3. The van der Waals surface area contributed by atoms with Gasteiger partial charge in [0.2, 0.25) is 0 Å². The number of nitrogens with two attached hydrogens (primary N) is 1. The lowest BCUT2D eigenvalue weighted by molar-refractivity contribution is -0.128. The predicted octanol–water partition coefficient (Wildman–Crippen LogP) is 1.10. The van der Waals surface area contributed by atoms with Crippen LogP contribution < -0.4 is 11.1 Å². The lowest BCUT2D eigenvalue weighted by Gasteiger charge is -2.29. The van der Waals surface area contributed by atoms with Gasteiger partial charge >= 0.3 is 0 Å². The van der Waals surface area contributed by atoms with Crippen molar-refractivity contribution in [3.63, 3.8) is 0 Å². The van der Waals surface area contributed by atoms with Crippen LogP contribution in [0.3, 0.4) is 0 Å². The highest BCUT2D eigenvalue weighted by Crippen LogP contribution is 2.22. The second kappa shape index (κ2) is 8.95.